The summed E-state index contributed by atoms with van der Waals surface area (Å²) in [6.45, 7) is 5.91. The van der Waals surface area contributed by atoms with Gasteiger partial charge in [0.1, 0.15) is 5.82 Å². The van der Waals surface area contributed by atoms with E-state index in [4.69, 9.17) is 5.73 Å². The summed E-state index contributed by atoms with van der Waals surface area (Å²) in [6, 6.07) is 5.67. The third kappa shape index (κ3) is 2.81. The van der Waals surface area contributed by atoms with Gasteiger partial charge < -0.3 is 5.73 Å². The molecule has 2 fully saturated rings. The molecule has 0 bridgehead atoms. The fourth-order valence-electron chi connectivity index (χ4n) is 3.38. The monoisotopic (exact) mass is 263 g/mol. The van der Waals surface area contributed by atoms with E-state index in [-0.39, 0.29) is 5.82 Å². The average Bonchev–Trinajstić information content (AvgIpc) is 2.86. The van der Waals surface area contributed by atoms with Crippen molar-refractivity contribution in [3.05, 3.63) is 35.1 Å². The second-order valence-corrected chi connectivity index (χ2v) is 5.68. The van der Waals surface area contributed by atoms with Gasteiger partial charge >= 0.3 is 0 Å². The Morgan fingerprint density at radius 1 is 1.21 bits per heavy atom. The number of nitrogens with two attached hydrogens (primary N) is 1. The summed E-state index contributed by atoms with van der Waals surface area (Å²) < 4.78 is 13.4. The summed E-state index contributed by atoms with van der Waals surface area (Å²) >= 11 is 0. The van der Waals surface area contributed by atoms with E-state index >= 15 is 0 Å². The summed E-state index contributed by atoms with van der Waals surface area (Å²) in [5, 5.41) is 0. The van der Waals surface area contributed by atoms with Gasteiger partial charge in [-0.3, -0.25) is 9.80 Å². The Morgan fingerprint density at radius 2 is 2.11 bits per heavy atom. The second-order valence-electron chi connectivity index (χ2n) is 5.68. The first kappa shape index (κ1) is 13.0. The lowest BCUT2D eigenvalue weighted by Gasteiger charge is -2.37. The quantitative estimate of drug-likeness (QED) is 0.898. The summed E-state index contributed by atoms with van der Waals surface area (Å²) in [5.74, 6) is -0.160. The number of fused-ring (bicyclic) bond motifs is 1. The number of hydrogen-bond donors (Lipinski definition) is 1. The third-order valence-electron chi connectivity index (χ3n) is 4.45. The van der Waals surface area contributed by atoms with Crippen LogP contribution in [0.2, 0.25) is 0 Å². The Hall–Kier alpha value is -0.970. The van der Waals surface area contributed by atoms with Gasteiger partial charge in [-0.25, -0.2) is 4.39 Å². The number of nitrogens with zero attached hydrogens (tertiary/aromatic N) is 2. The normalized spacial score (nSPS) is 24.6. The summed E-state index contributed by atoms with van der Waals surface area (Å²) in [6.07, 6.45) is 2.63. The van der Waals surface area contributed by atoms with Crippen LogP contribution in [-0.4, -0.2) is 42.0 Å². The second kappa shape index (κ2) is 5.57. The van der Waals surface area contributed by atoms with Crippen molar-refractivity contribution >= 4 is 0 Å². The minimum atomic E-state index is -0.160. The predicted octanol–water partition coefficient (Wildman–Crippen LogP) is 1.56. The van der Waals surface area contributed by atoms with Crippen LogP contribution in [0.1, 0.15) is 24.0 Å². The first-order valence-electron chi connectivity index (χ1n) is 7.20. The number of hydrogen-bond acceptors (Lipinski definition) is 3. The predicted molar refractivity (Wildman–Crippen MR) is 74.2 cm³/mol. The number of piperazine rings is 1. The zero-order valence-electron chi connectivity index (χ0n) is 11.3. The fourth-order valence-corrected chi connectivity index (χ4v) is 3.38. The van der Waals surface area contributed by atoms with E-state index in [2.05, 4.69) is 9.80 Å². The van der Waals surface area contributed by atoms with Crippen LogP contribution in [0, 0.1) is 5.82 Å². The molecule has 1 aromatic rings. The van der Waals surface area contributed by atoms with Gasteiger partial charge in [-0.2, -0.15) is 0 Å². The Kier molecular flexibility index (Phi) is 3.82. The molecule has 0 aliphatic carbocycles. The Balaban J connectivity index is 1.69. The van der Waals surface area contributed by atoms with Gasteiger partial charge in [0.05, 0.1) is 0 Å². The van der Waals surface area contributed by atoms with Gasteiger partial charge in [-0.15, -0.1) is 0 Å². The van der Waals surface area contributed by atoms with E-state index in [0.29, 0.717) is 12.6 Å². The van der Waals surface area contributed by atoms with Gasteiger partial charge in [0.15, 0.2) is 0 Å². The molecule has 1 aromatic carbocycles. The SMILES string of the molecule is NCc1ccc(F)cc1CN1CCN2CCCC2C1. The Morgan fingerprint density at radius 3 is 2.95 bits per heavy atom. The van der Waals surface area contributed by atoms with Crippen LogP contribution in [0.3, 0.4) is 0 Å². The molecule has 2 saturated heterocycles. The topological polar surface area (TPSA) is 32.5 Å². The molecule has 2 aliphatic rings. The average molecular weight is 263 g/mol. The summed E-state index contributed by atoms with van der Waals surface area (Å²) in [5.41, 5.74) is 7.86. The highest BCUT2D eigenvalue weighted by molar-refractivity contribution is 5.27. The number of halogens is 1. The molecule has 0 amide bonds. The summed E-state index contributed by atoms with van der Waals surface area (Å²) in [4.78, 5) is 5.03. The standard InChI is InChI=1S/C15H22FN3/c16-14-4-3-12(9-17)13(8-14)10-18-6-7-19-5-1-2-15(19)11-18/h3-4,8,15H,1-2,5-7,9-11,17H2. The molecule has 0 aromatic heterocycles. The summed E-state index contributed by atoms with van der Waals surface area (Å²) in [7, 11) is 0. The van der Waals surface area contributed by atoms with Crippen LogP contribution in [0.15, 0.2) is 18.2 Å². The molecule has 0 saturated carbocycles. The molecule has 3 rings (SSSR count). The van der Waals surface area contributed by atoms with E-state index < -0.39 is 0 Å². The zero-order valence-corrected chi connectivity index (χ0v) is 11.3. The first-order chi connectivity index (χ1) is 9.26. The van der Waals surface area contributed by atoms with Crippen LogP contribution in [0.5, 0.6) is 0 Å². The van der Waals surface area contributed by atoms with Crippen LogP contribution in [0.25, 0.3) is 0 Å². The number of rotatable bonds is 3. The lowest BCUT2D eigenvalue weighted by molar-refractivity contribution is 0.0991. The number of benzene rings is 1. The van der Waals surface area contributed by atoms with E-state index in [9.17, 15) is 4.39 Å². The highest BCUT2D eigenvalue weighted by atomic mass is 19.1. The zero-order chi connectivity index (χ0) is 13.2. The molecule has 3 nitrogen and oxygen atoms in total. The van der Waals surface area contributed by atoms with Crippen molar-refractivity contribution in [2.75, 3.05) is 26.2 Å². The van der Waals surface area contributed by atoms with Crippen LogP contribution >= 0.6 is 0 Å². The fraction of sp³-hybridized carbons (Fsp3) is 0.600. The van der Waals surface area contributed by atoms with Crippen molar-refractivity contribution in [3.8, 4) is 0 Å². The molecule has 2 aliphatic heterocycles. The molecule has 19 heavy (non-hydrogen) atoms. The maximum Gasteiger partial charge on any atom is 0.123 e. The minimum absolute atomic E-state index is 0.160. The van der Waals surface area contributed by atoms with Crippen molar-refractivity contribution < 1.29 is 4.39 Å². The van der Waals surface area contributed by atoms with Crippen molar-refractivity contribution in [3.63, 3.8) is 0 Å². The van der Waals surface area contributed by atoms with Crippen LogP contribution in [0.4, 0.5) is 4.39 Å². The lowest BCUT2D eigenvalue weighted by atomic mass is 10.1. The van der Waals surface area contributed by atoms with Gasteiger partial charge in [0, 0.05) is 38.8 Å². The molecule has 2 heterocycles. The molecular formula is C15H22FN3. The van der Waals surface area contributed by atoms with E-state index in [1.165, 1.54) is 25.5 Å². The highest BCUT2D eigenvalue weighted by Gasteiger charge is 2.30. The molecular weight excluding hydrogens is 241 g/mol. The largest absolute Gasteiger partial charge is 0.326 e. The van der Waals surface area contributed by atoms with Crippen LogP contribution < -0.4 is 5.73 Å². The minimum Gasteiger partial charge on any atom is -0.326 e. The van der Waals surface area contributed by atoms with Crippen LogP contribution in [-0.2, 0) is 13.1 Å². The molecule has 0 radical (unpaired) electrons. The Labute approximate surface area is 114 Å². The Bertz CT molecular complexity index is 449. The first-order valence-corrected chi connectivity index (χ1v) is 7.20. The van der Waals surface area contributed by atoms with Crippen molar-refractivity contribution in [1.82, 2.24) is 9.80 Å². The molecule has 2 N–H and O–H groups in total. The maximum atomic E-state index is 13.4. The smallest absolute Gasteiger partial charge is 0.123 e. The van der Waals surface area contributed by atoms with Crippen molar-refractivity contribution in [2.45, 2.75) is 32.0 Å². The highest BCUT2D eigenvalue weighted by Crippen LogP contribution is 2.23. The molecule has 0 spiro atoms. The molecule has 104 valence electrons. The lowest BCUT2D eigenvalue weighted by Crippen LogP contribution is -2.49. The van der Waals surface area contributed by atoms with E-state index in [1.54, 1.807) is 6.07 Å². The van der Waals surface area contributed by atoms with Crippen molar-refractivity contribution in [1.29, 1.82) is 0 Å². The van der Waals surface area contributed by atoms with E-state index in [0.717, 1.165) is 37.3 Å². The van der Waals surface area contributed by atoms with E-state index in [1.807, 2.05) is 6.07 Å². The van der Waals surface area contributed by atoms with Gasteiger partial charge in [-0.05, 0) is 42.6 Å². The molecule has 4 heteroatoms. The van der Waals surface area contributed by atoms with Gasteiger partial charge in [0.25, 0.3) is 0 Å². The molecule has 1 atom stereocenters. The molecule has 1 unspecified atom stereocenters. The third-order valence-corrected chi connectivity index (χ3v) is 4.45. The van der Waals surface area contributed by atoms with Crippen molar-refractivity contribution in [2.24, 2.45) is 5.73 Å². The van der Waals surface area contributed by atoms with Gasteiger partial charge in [-0.1, -0.05) is 6.07 Å². The van der Waals surface area contributed by atoms with Gasteiger partial charge in [0.2, 0.25) is 0 Å². The maximum absolute atomic E-state index is 13.4.